The number of aliphatic carboxylic acids is 1. The van der Waals surface area contributed by atoms with Crippen LogP contribution in [0, 0.1) is 0 Å². The van der Waals surface area contributed by atoms with Gasteiger partial charge < -0.3 is 15.3 Å². The molecule has 0 aromatic rings. The highest BCUT2D eigenvalue weighted by atomic mass is 16.4. The summed E-state index contributed by atoms with van der Waals surface area (Å²) in [5.74, 6) is -0.781. The van der Waals surface area contributed by atoms with E-state index in [-0.39, 0.29) is 12.5 Å². The Labute approximate surface area is 107 Å². The van der Waals surface area contributed by atoms with Gasteiger partial charge in [0, 0.05) is 39.3 Å². The summed E-state index contributed by atoms with van der Waals surface area (Å²) >= 11 is 0. The molecule has 0 atom stereocenters. The number of rotatable bonds is 5. The fraction of sp³-hybridized carbons (Fsp3) is 0.667. The molecule has 6 nitrogen and oxygen atoms in total. The van der Waals surface area contributed by atoms with Crippen molar-refractivity contribution in [3.05, 3.63) is 12.2 Å². The summed E-state index contributed by atoms with van der Waals surface area (Å²) in [6.07, 6.45) is 0.155. The molecule has 1 aliphatic rings. The van der Waals surface area contributed by atoms with Crippen molar-refractivity contribution >= 4 is 12.0 Å². The maximum absolute atomic E-state index is 11.7. The molecule has 1 aliphatic heterocycles. The Balaban J connectivity index is 2.24. The largest absolute Gasteiger partial charge is 0.481 e. The second kappa shape index (κ2) is 7.00. The summed E-state index contributed by atoms with van der Waals surface area (Å²) in [6.45, 7) is 9.38. The molecule has 1 fully saturated rings. The van der Waals surface area contributed by atoms with Gasteiger partial charge in [0.25, 0.3) is 0 Å². The van der Waals surface area contributed by atoms with Crippen molar-refractivity contribution in [2.75, 3.05) is 39.3 Å². The van der Waals surface area contributed by atoms with Crippen molar-refractivity contribution in [1.29, 1.82) is 0 Å². The van der Waals surface area contributed by atoms with Crippen molar-refractivity contribution < 1.29 is 14.7 Å². The van der Waals surface area contributed by atoms with E-state index < -0.39 is 5.97 Å². The lowest BCUT2D eigenvalue weighted by atomic mass is 10.3. The van der Waals surface area contributed by atoms with Crippen LogP contribution in [0.4, 0.5) is 4.79 Å². The zero-order valence-electron chi connectivity index (χ0n) is 10.8. The van der Waals surface area contributed by atoms with Gasteiger partial charge in [0.1, 0.15) is 0 Å². The molecule has 1 rings (SSSR count). The minimum atomic E-state index is -0.781. The number of urea groups is 1. The molecule has 0 spiro atoms. The predicted octanol–water partition coefficient (Wildman–Crippen LogP) is 0.364. The monoisotopic (exact) mass is 255 g/mol. The van der Waals surface area contributed by atoms with Crippen molar-refractivity contribution in [2.24, 2.45) is 0 Å². The quantitative estimate of drug-likeness (QED) is 0.696. The average Bonchev–Trinajstić information content (AvgIpc) is 2.34. The molecule has 0 unspecified atom stereocenters. The summed E-state index contributed by atoms with van der Waals surface area (Å²) in [6, 6.07) is -0.0733. The van der Waals surface area contributed by atoms with Gasteiger partial charge in [-0.3, -0.25) is 9.69 Å². The number of carbonyl (C=O) groups excluding carboxylic acids is 1. The van der Waals surface area contributed by atoms with Crippen LogP contribution in [0.3, 0.4) is 0 Å². The van der Waals surface area contributed by atoms with Gasteiger partial charge in [0.05, 0.1) is 6.42 Å². The van der Waals surface area contributed by atoms with Gasteiger partial charge in [-0.05, 0) is 6.92 Å². The number of amides is 2. The average molecular weight is 255 g/mol. The summed E-state index contributed by atoms with van der Waals surface area (Å²) < 4.78 is 0. The minimum Gasteiger partial charge on any atom is -0.481 e. The van der Waals surface area contributed by atoms with E-state index >= 15 is 0 Å². The highest BCUT2D eigenvalue weighted by molar-refractivity contribution is 5.74. The molecule has 0 aliphatic carbocycles. The van der Waals surface area contributed by atoms with E-state index in [0.717, 1.165) is 18.7 Å². The molecule has 2 amide bonds. The van der Waals surface area contributed by atoms with Crippen molar-refractivity contribution in [3.8, 4) is 0 Å². The van der Waals surface area contributed by atoms with E-state index in [4.69, 9.17) is 5.11 Å². The molecule has 1 heterocycles. The Kier molecular flexibility index (Phi) is 5.64. The summed E-state index contributed by atoms with van der Waals surface area (Å²) in [5, 5.41) is 11.4. The van der Waals surface area contributed by atoms with E-state index in [9.17, 15) is 9.59 Å². The third kappa shape index (κ3) is 5.18. The van der Waals surface area contributed by atoms with Crippen LogP contribution in [0.1, 0.15) is 13.3 Å². The van der Waals surface area contributed by atoms with Crippen LogP contribution in [-0.2, 0) is 4.79 Å². The molecule has 102 valence electrons. The third-order valence-corrected chi connectivity index (χ3v) is 2.84. The lowest BCUT2D eigenvalue weighted by Crippen LogP contribution is -2.52. The first-order valence-electron chi connectivity index (χ1n) is 6.10. The first-order valence-corrected chi connectivity index (χ1v) is 6.10. The smallest absolute Gasteiger partial charge is 0.317 e. The molecule has 0 aromatic carbocycles. The highest BCUT2D eigenvalue weighted by Gasteiger charge is 2.20. The number of carbonyl (C=O) groups is 2. The maximum atomic E-state index is 11.7. The van der Waals surface area contributed by atoms with Gasteiger partial charge in [-0.1, -0.05) is 12.2 Å². The van der Waals surface area contributed by atoms with E-state index in [1.165, 1.54) is 0 Å². The topological polar surface area (TPSA) is 72.9 Å². The molecule has 2 N–H and O–H groups in total. The number of hydrogen-bond donors (Lipinski definition) is 2. The van der Waals surface area contributed by atoms with Gasteiger partial charge in [0.2, 0.25) is 0 Å². The van der Waals surface area contributed by atoms with Crippen LogP contribution in [-0.4, -0.2) is 66.2 Å². The Hall–Kier alpha value is -1.56. The normalized spacial score (nSPS) is 16.4. The molecular weight excluding hydrogens is 234 g/mol. The molecule has 18 heavy (non-hydrogen) atoms. The molecule has 1 saturated heterocycles. The number of nitrogens with one attached hydrogen (secondary N) is 1. The van der Waals surface area contributed by atoms with Gasteiger partial charge in [-0.15, -0.1) is 0 Å². The molecule has 6 heteroatoms. The van der Waals surface area contributed by atoms with Crippen molar-refractivity contribution in [2.45, 2.75) is 13.3 Å². The SMILES string of the molecule is C=C(C)CNC(=O)N1CCN(CCC(=O)O)CC1. The van der Waals surface area contributed by atoms with E-state index in [0.29, 0.717) is 26.2 Å². The number of piperazine rings is 1. The van der Waals surface area contributed by atoms with Crippen LogP contribution in [0.2, 0.25) is 0 Å². The number of carboxylic acid groups (broad SMARTS) is 1. The number of hydrogen-bond acceptors (Lipinski definition) is 3. The highest BCUT2D eigenvalue weighted by Crippen LogP contribution is 2.03. The molecule has 0 bridgehead atoms. The third-order valence-electron chi connectivity index (χ3n) is 2.84. The lowest BCUT2D eigenvalue weighted by Gasteiger charge is -2.34. The maximum Gasteiger partial charge on any atom is 0.317 e. The molecule has 0 radical (unpaired) electrons. The molecule has 0 aromatic heterocycles. The first-order chi connectivity index (χ1) is 8.49. The Morgan fingerprint density at radius 1 is 1.28 bits per heavy atom. The van der Waals surface area contributed by atoms with Crippen molar-refractivity contribution in [1.82, 2.24) is 15.1 Å². The van der Waals surface area contributed by atoms with Crippen LogP contribution in [0.15, 0.2) is 12.2 Å². The van der Waals surface area contributed by atoms with Gasteiger partial charge in [-0.25, -0.2) is 4.79 Å². The van der Waals surface area contributed by atoms with Gasteiger partial charge in [0.15, 0.2) is 0 Å². The Morgan fingerprint density at radius 2 is 1.89 bits per heavy atom. The summed E-state index contributed by atoms with van der Waals surface area (Å²) in [5.41, 5.74) is 0.920. The van der Waals surface area contributed by atoms with Crippen molar-refractivity contribution in [3.63, 3.8) is 0 Å². The van der Waals surface area contributed by atoms with Crippen LogP contribution in [0.25, 0.3) is 0 Å². The predicted molar refractivity (Wildman–Crippen MR) is 68.5 cm³/mol. The van der Waals surface area contributed by atoms with Gasteiger partial charge in [-0.2, -0.15) is 0 Å². The standard InChI is InChI=1S/C12H21N3O3/c1-10(2)9-13-12(18)15-7-5-14(6-8-15)4-3-11(16)17/h1,3-9H2,2H3,(H,13,18)(H,16,17). The van der Waals surface area contributed by atoms with E-state index in [1.807, 2.05) is 6.92 Å². The Morgan fingerprint density at radius 3 is 2.39 bits per heavy atom. The lowest BCUT2D eigenvalue weighted by molar-refractivity contribution is -0.137. The summed E-state index contributed by atoms with van der Waals surface area (Å²) in [4.78, 5) is 26.0. The van der Waals surface area contributed by atoms with Crippen LogP contribution in [0.5, 0.6) is 0 Å². The van der Waals surface area contributed by atoms with Crippen LogP contribution >= 0.6 is 0 Å². The van der Waals surface area contributed by atoms with E-state index in [1.54, 1.807) is 4.90 Å². The van der Waals surface area contributed by atoms with Crippen LogP contribution < -0.4 is 5.32 Å². The second-order valence-electron chi connectivity index (χ2n) is 4.59. The zero-order chi connectivity index (χ0) is 13.5. The fourth-order valence-corrected chi connectivity index (χ4v) is 1.77. The molecule has 0 saturated carbocycles. The molecular formula is C12H21N3O3. The second-order valence-corrected chi connectivity index (χ2v) is 4.59. The summed E-state index contributed by atoms with van der Waals surface area (Å²) in [7, 11) is 0. The van der Waals surface area contributed by atoms with E-state index in [2.05, 4.69) is 16.8 Å². The first kappa shape index (κ1) is 14.5. The zero-order valence-corrected chi connectivity index (χ0v) is 10.8. The number of carboxylic acids is 1. The fourth-order valence-electron chi connectivity index (χ4n) is 1.77. The van der Waals surface area contributed by atoms with Gasteiger partial charge >= 0.3 is 12.0 Å². The number of nitrogens with zero attached hydrogens (tertiary/aromatic N) is 2. The minimum absolute atomic E-state index is 0.0733. The Bertz CT molecular complexity index is 323.